The fraction of sp³-hybridized carbons (Fsp3) is 0.429. The number of hydrogen-bond acceptors (Lipinski definition) is 7. The van der Waals surface area contributed by atoms with Crippen LogP contribution in [0.1, 0.15) is 19.3 Å². The molecule has 0 N–H and O–H groups in total. The standard InChI is InChI=1S/C28H32ClN7O2/c1-32-15-17-34(18-16-32)21-6-8-22(9-7-21)36-24-19-20(29)5-10-23(24)30-25-26(36)31-28(38)35(27(25)37)14-4-13-33-11-2-3-12-33/h5-10,19H,2-4,11-18H2,1H3. The zero-order valence-electron chi connectivity index (χ0n) is 21.6. The average molecular weight is 534 g/mol. The number of fused-ring (bicyclic) bond motifs is 2. The first kappa shape index (κ1) is 25.0. The van der Waals surface area contributed by atoms with Gasteiger partial charge in [-0.15, -0.1) is 0 Å². The summed E-state index contributed by atoms with van der Waals surface area (Å²) in [6.07, 6.45) is 3.14. The van der Waals surface area contributed by atoms with Crippen LogP contribution in [0.15, 0.2) is 52.1 Å². The molecule has 2 saturated heterocycles. The highest BCUT2D eigenvalue weighted by atomic mass is 35.5. The fourth-order valence-electron chi connectivity index (χ4n) is 5.57. The highest BCUT2D eigenvalue weighted by Gasteiger charge is 2.23. The number of halogens is 1. The average Bonchev–Trinajstić information content (AvgIpc) is 3.44. The Balaban J connectivity index is 1.41. The lowest BCUT2D eigenvalue weighted by atomic mass is 10.2. The molecule has 0 aromatic heterocycles. The molecular weight excluding hydrogens is 502 g/mol. The van der Waals surface area contributed by atoms with Crippen LogP contribution in [0, 0.1) is 0 Å². The van der Waals surface area contributed by atoms with Crippen LogP contribution in [-0.4, -0.2) is 81.8 Å². The van der Waals surface area contributed by atoms with Crippen molar-refractivity contribution in [3.05, 3.63) is 68.3 Å². The molecular formula is C28H32ClN7O2. The molecule has 4 heterocycles. The molecule has 0 saturated carbocycles. The van der Waals surface area contributed by atoms with Gasteiger partial charge in [0.1, 0.15) is 0 Å². The quantitative estimate of drug-likeness (QED) is 0.353. The first-order chi connectivity index (χ1) is 18.5. The third-order valence-corrected chi connectivity index (χ3v) is 7.98. The SMILES string of the molecule is CN1CCN(c2ccc(-n3c4nc(=O)n(CCCN5CCCC5)c(=O)c-4nc4ccc(Cl)cc43)cc2)CC1. The number of rotatable bonds is 6. The van der Waals surface area contributed by atoms with Gasteiger partial charge in [0, 0.05) is 49.1 Å². The van der Waals surface area contributed by atoms with Gasteiger partial charge in [0.2, 0.25) is 0 Å². The van der Waals surface area contributed by atoms with E-state index in [9.17, 15) is 9.59 Å². The Labute approximate surface area is 226 Å². The third-order valence-electron chi connectivity index (χ3n) is 7.75. The molecule has 9 nitrogen and oxygen atoms in total. The lowest BCUT2D eigenvalue weighted by molar-refractivity contribution is 0.313. The minimum Gasteiger partial charge on any atom is -0.369 e. The summed E-state index contributed by atoms with van der Waals surface area (Å²) < 4.78 is 3.06. The largest absolute Gasteiger partial charge is 0.369 e. The van der Waals surface area contributed by atoms with E-state index >= 15 is 0 Å². The number of aromatic nitrogens is 4. The fourth-order valence-corrected chi connectivity index (χ4v) is 5.73. The second-order valence-electron chi connectivity index (χ2n) is 10.3. The van der Waals surface area contributed by atoms with Gasteiger partial charge in [-0.25, -0.2) is 9.78 Å². The minimum absolute atomic E-state index is 0.184. The van der Waals surface area contributed by atoms with E-state index in [2.05, 4.69) is 43.8 Å². The summed E-state index contributed by atoms with van der Waals surface area (Å²) in [4.78, 5) is 42.8. The van der Waals surface area contributed by atoms with Crippen LogP contribution in [0.25, 0.3) is 28.2 Å². The summed E-state index contributed by atoms with van der Waals surface area (Å²) in [5.41, 5.74) is 2.47. The molecule has 0 bridgehead atoms. The van der Waals surface area contributed by atoms with Crippen LogP contribution >= 0.6 is 11.6 Å². The number of likely N-dealkylation sites (tertiary alicyclic amines) is 1. The maximum atomic E-state index is 13.6. The summed E-state index contributed by atoms with van der Waals surface area (Å²) in [5, 5.41) is 0.541. The third kappa shape index (κ3) is 4.81. The number of nitrogens with zero attached hydrogens (tertiary/aromatic N) is 7. The first-order valence-electron chi connectivity index (χ1n) is 13.4. The van der Waals surface area contributed by atoms with Crippen LogP contribution in [0.3, 0.4) is 0 Å². The molecule has 2 aromatic carbocycles. The molecule has 0 aliphatic carbocycles. The summed E-state index contributed by atoms with van der Waals surface area (Å²) in [7, 11) is 2.14. The zero-order valence-corrected chi connectivity index (χ0v) is 22.4. The normalized spacial score (nSPS) is 17.2. The van der Waals surface area contributed by atoms with Gasteiger partial charge in [-0.05, 0) is 88.4 Å². The van der Waals surface area contributed by atoms with Crippen LogP contribution in [0.5, 0.6) is 0 Å². The van der Waals surface area contributed by atoms with E-state index in [1.807, 2.05) is 16.7 Å². The van der Waals surface area contributed by atoms with Gasteiger partial charge in [-0.1, -0.05) is 11.6 Å². The summed E-state index contributed by atoms with van der Waals surface area (Å²) in [6, 6.07) is 13.5. The van der Waals surface area contributed by atoms with Gasteiger partial charge < -0.3 is 14.7 Å². The van der Waals surface area contributed by atoms with Gasteiger partial charge in [0.25, 0.3) is 5.56 Å². The molecule has 0 radical (unpaired) electrons. The van der Waals surface area contributed by atoms with Gasteiger partial charge in [0.15, 0.2) is 11.5 Å². The number of likely N-dealkylation sites (N-methyl/N-ethyl adjacent to an activating group) is 1. The van der Waals surface area contributed by atoms with E-state index in [0.717, 1.165) is 63.6 Å². The topological polar surface area (TPSA) is 79.5 Å². The van der Waals surface area contributed by atoms with Gasteiger partial charge >= 0.3 is 5.69 Å². The second kappa shape index (κ2) is 10.5. The van der Waals surface area contributed by atoms with Crippen LogP contribution < -0.4 is 16.1 Å². The Bertz CT molecular complexity index is 1530. The Morgan fingerprint density at radius 1 is 0.842 bits per heavy atom. The molecule has 0 unspecified atom stereocenters. The number of benzene rings is 2. The monoisotopic (exact) mass is 533 g/mol. The van der Waals surface area contributed by atoms with E-state index in [1.54, 1.807) is 18.2 Å². The molecule has 6 rings (SSSR count). The predicted molar refractivity (Wildman–Crippen MR) is 151 cm³/mol. The van der Waals surface area contributed by atoms with E-state index in [1.165, 1.54) is 17.4 Å². The molecule has 0 spiro atoms. The zero-order chi connectivity index (χ0) is 26.2. The summed E-state index contributed by atoms with van der Waals surface area (Å²) >= 11 is 6.36. The van der Waals surface area contributed by atoms with Crippen LogP contribution in [0.2, 0.25) is 5.02 Å². The predicted octanol–water partition coefficient (Wildman–Crippen LogP) is 2.94. The lowest BCUT2D eigenvalue weighted by Crippen LogP contribution is -2.44. The number of anilines is 1. The van der Waals surface area contributed by atoms with Crippen molar-refractivity contribution in [1.82, 2.24) is 28.9 Å². The molecule has 198 valence electrons. The Hall–Kier alpha value is -3.27. The number of piperazine rings is 1. The van der Waals surface area contributed by atoms with E-state index < -0.39 is 11.2 Å². The molecule has 0 amide bonds. The molecule has 4 aliphatic rings. The van der Waals surface area contributed by atoms with Crippen molar-refractivity contribution in [1.29, 1.82) is 0 Å². The molecule has 2 fully saturated rings. The maximum absolute atomic E-state index is 13.6. The Morgan fingerprint density at radius 3 is 2.29 bits per heavy atom. The van der Waals surface area contributed by atoms with Crippen molar-refractivity contribution in [2.45, 2.75) is 25.8 Å². The summed E-state index contributed by atoms with van der Waals surface area (Å²) in [6.45, 7) is 7.35. The Kier molecular flexibility index (Phi) is 6.90. The van der Waals surface area contributed by atoms with Gasteiger partial charge in [-0.3, -0.25) is 13.9 Å². The van der Waals surface area contributed by atoms with E-state index in [4.69, 9.17) is 11.6 Å². The van der Waals surface area contributed by atoms with Crippen LogP contribution in [0.4, 0.5) is 5.69 Å². The maximum Gasteiger partial charge on any atom is 0.352 e. The molecule has 2 aromatic rings. The van der Waals surface area contributed by atoms with Crippen molar-refractivity contribution in [3.63, 3.8) is 0 Å². The number of hydrogen-bond donors (Lipinski definition) is 0. The van der Waals surface area contributed by atoms with Gasteiger partial charge in [0.05, 0.1) is 11.0 Å². The van der Waals surface area contributed by atoms with Crippen LogP contribution in [-0.2, 0) is 6.54 Å². The van der Waals surface area contributed by atoms with Crippen molar-refractivity contribution in [3.8, 4) is 17.2 Å². The van der Waals surface area contributed by atoms with Crippen molar-refractivity contribution in [2.24, 2.45) is 0 Å². The molecule has 10 heteroatoms. The highest BCUT2D eigenvalue weighted by Crippen LogP contribution is 2.28. The first-order valence-corrected chi connectivity index (χ1v) is 13.7. The van der Waals surface area contributed by atoms with Crippen molar-refractivity contribution < 1.29 is 0 Å². The lowest BCUT2D eigenvalue weighted by Gasteiger charge is -2.34. The minimum atomic E-state index is -0.546. The molecule has 0 atom stereocenters. The Morgan fingerprint density at radius 2 is 1.55 bits per heavy atom. The smallest absolute Gasteiger partial charge is 0.352 e. The van der Waals surface area contributed by atoms with E-state index in [0.29, 0.717) is 22.6 Å². The van der Waals surface area contributed by atoms with E-state index in [-0.39, 0.29) is 11.5 Å². The second-order valence-corrected chi connectivity index (χ2v) is 10.7. The molecule has 4 aliphatic heterocycles. The van der Waals surface area contributed by atoms with Crippen molar-refractivity contribution in [2.75, 3.05) is 57.8 Å². The molecule has 38 heavy (non-hydrogen) atoms. The van der Waals surface area contributed by atoms with Gasteiger partial charge in [-0.2, -0.15) is 4.98 Å². The van der Waals surface area contributed by atoms with Crippen molar-refractivity contribution >= 4 is 28.3 Å². The summed E-state index contributed by atoms with van der Waals surface area (Å²) in [5.74, 6) is 0.248. The highest BCUT2D eigenvalue weighted by molar-refractivity contribution is 6.31.